The van der Waals surface area contributed by atoms with Crippen molar-refractivity contribution in [3.8, 4) is 5.75 Å². The second-order valence-electron chi connectivity index (χ2n) is 6.80. The minimum Gasteiger partial charge on any atom is -0.496 e. The van der Waals surface area contributed by atoms with Gasteiger partial charge < -0.3 is 9.64 Å². The lowest BCUT2D eigenvalue weighted by molar-refractivity contribution is -0.137. The average Bonchev–Trinajstić information content (AvgIpc) is 2.64. The summed E-state index contributed by atoms with van der Waals surface area (Å²) in [4.78, 5) is 7.23. The SMILES string of the molecule is COc1ccccc1SN1CCC2CN(c3ccc(C(F)(F)F)cn3)C2C1. The number of ether oxygens (including phenoxy) is 1. The van der Waals surface area contributed by atoms with Crippen LogP contribution in [0.25, 0.3) is 0 Å². The number of halogens is 3. The minimum absolute atomic E-state index is 0.283. The zero-order chi connectivity index (χ0) is 19.0. The molecule has 144 valence electrons. The molecule has 4 rings (SSSR count). The van der Waals surface area contributed by atoms with E-state index in [0.29, 0.717) is 11.7 Å². The first kappa shape index (κ1) is 18.4. The summed E-state index contributed by atoms with van der Waals surface area (Å²) < 4.78 is 45.9. The van der Waals surface area contributed by atoms with Gasteiger partial charge in [-0.3, -0.25) is 0 Å². The summed E-state index contributed by atoms with van der Waals surface area (Å²) >= 11 is 1.67. The Kier molecular flexibility index (Phi) is 4.94. The van der Waals surface area contributed by atoms with Crippen molar-refractivity contribution in [2.24, 2.45) is 5.92 Å². The topological polar surface area (TPSA) is 28.6 Å². The van der Waals surface area contributed by atoms with Crippen LogP contribution in [0.3, 0.4) is 0 Å². The highest BCUT2D eigenvalue weighted by molar-refractivity contribution is 7.97. The Morgan fingerprint density at radius 3 is 2.67 bits per heavy atom. The summed E-state index contributed by atoms with van der Waals surface area (Å²) in [6.07, 6.45) is -2.35. The standard InChI is InChI=1S/C19H20F3N3OS/c1-26-16-4-2-3-5-17(16)27-24-9-8-13-11-25(15(13)12-24)18-7-6-14(10-23-18)19(20,21)22/h2-7,10,13,15H,8-9,11-12H2,1H3. The molecule has 2 unspecified atom stereocenters. The van der Waals surface area contributed by atoms with Crippen LogP contribution in [0.15, 0.2) is 47.5 Å². The van der Waals surface area contributed by atoms with Gasteiger partial charge in [0.05, 0.1) is 17.6 Å². The lowest BCUT2D eigenvalue weighted by atomic mass is 9.83. The number of aromatic nitrogens is 1. The van der Waals surface area contributed by atoms with Crippen molar-refractivity contribution in [1.29, 1.82) is 0 Å². The Morgan fingerprint density at radius 1 is 1.15 bits per heavy atom. The number of anilines is 1. The van der Waals surface area contributed by atoms with Crippen LogP contribution in [-0.4, -0.2) is 42.1 Å². The quantitative estimate of drug-likeness (QED) is 0.719. The number of methoxy groups -OCH3 is 1. The monoisotopic (exact) mass is 395 g/mol. The molecule has 1 aromatic heterocycles. The highest BCUT2D eigenvalue weighted by atomic mass is 32.2. The summed E-state index contributed by atoms with van der Waals surface area (Å²) in [6, 6.07) is 10.8. The third-order valence-electron chi connectivity index (χ3n) is 5.18. The number of para-hydroxylation sites is 1. The summed E-state index contributed by atoms with van der Waals surface area (Å²) in [5.41, 5.74) is -0.708. The highest BCUT2D eigenvalue weighted by Gasteiger charge is 2.43. The van der Waals surface area contributed by atoms with Crippen molar-refractivity contribution in [2.75, 3.05) is 31.6 Å². The molecule has 0 bridgehead atoms. The Morgan fingerprint density at radius 2 is 1.96 bits per heavy atom. The predicted octanol–water partition coefficient (Wildman–Crippen LogP) is 4.33. The van der Waals surface area contributed by atoms with Crippen molar-refractivity contribution in [1.82, 2.24) is 9.29 Å². The van der Waals surface area contributed by atoms with E-state index in [9.17, 15) is 13.2 Å². The largest absolute Gasteiger partial charge is 0.496 e. The van der Waals surface area contributed by atoms with Gasteiger partial charge in [0, 0.05) is 31.9 Å². The number of alkyl halides is 3. The summed E-state index contributed by atoms with van der Waals surface area (Å²) in [7, 11) is 1.66. The van der Waals surface area contributed by atoms with E-state index < -0.39 is 11.7 Å². The van der Waals surface area contributed by atoms with Gasteiger partial charge in [-0.15, -0.1) is 0 Å². The maximum absolute atomic E-state index is 12.7. The predicted molar refractivity (Wildman–Crippen MR) is 98.9 cm³/mol. The second-order valence-corrected chi connectivity index (χ2v) is 7.94. The van der Waals surface area contributed by atoms with Gasteiger partial charge in [0.1, 0.15) is 11.6 Å². The molecular weight excluding hydrogens is 375 g/mol. The van der Waals surface area contributed by atoms with Crippen LogP contribution in [0.2, 0.25) is 0 Å². The first-order valence-electron chi connectivity index (χ1n) is 8.81. The lowest BCUT2D eigenvalue weighted by Crippen LogP contribution is -2.63. The third kappa shape index (κ3) is 3.73. The van der Waals surface area contributed by atoms with Crippen molar-refractivity contribution < 1.29 is 17.9 Å². The smallest absolute Gasteiger partial charge is 0.417 e. The van der Waals surface area contributed by atoms with E-state index in [0.717, 1.165) is 49.0 Å². The van der Waals surface area contributed by atoms with Crippen LogP contribution in [0.5, 0.6) is 5.75 Å². The third-order valence-corrected chi connectivity index (χ3v) is 6.31. The molecule has 3 heterocycles. The fourth-order valence-electron chi connectivity index (χ4n) is 3.67. The van der Waals surface area contributed by atoms with Gasteiger partial charge in [0.2, 0.25) is 0 Å². The Labute approximate surface area is 160 Å². The molecule has 27 heavy (non-hydrogen) atoms. The van der Waals surface area contributed by atoms with E-state index >= 15 is 0 Å². The molecule has 0 saturated carbocycles. The van der Waals surface area contributed by atoms with Gasteiger partial charge in [-0.1, -0.05) is 12.1 Å². The number of rotatable bonds is 4. The van der Waals surface area contributed by atoms with Crippen LogP contribution in [0, 0.1) is 5.92 Å². The maximum atomic E-state index is 12.7. The molecule has 0 amide bonds. The van der Waals surface area contributed by atoms with E-state index in [1.807, 2.05) is 24.3 Å². The summed E-state index contributed by atoms with van der Waals surface area (Å²) in [6.45, 7) is 2.68. The van der Waals surface area contributed by atoms with Gasteiger partial charge in [-0.25, -0.2) is 9.29 Å². The molecule has 2 aromatic rings. The van der Waals surface area contributed by atoms with Crippen LogP contribution in [0.1, 0.15) is 12.0 Å². The molecule has 0 aliphatic carbocycles. The maximum Gasteiger partial charge on any atom is 0.417 e. The van der Waals surface area contributed by atoms with Crippen LogP contribution in [0.4, 0.5) is 19.0 Å². The normalized spacial score (nSPS) is 22.9. The van der Waals surface area contributed by atoms with Crippen LogP contribution < -0.4 is 9.64 Å². The lowest BCUT2D eigenvalue weighted by Gasteiger charge is -2.53. The number of nitrogens with zero attached hydrogens (tertiary/aromatic N) is 3. The van der Waals surface area contributed by atoms with E-state index in [1.165, 1.54) is 6.07 Å². The first-order chi connectivity index (χ1) is 13.0. The molecule has 0 N–H and O–H groups in total. The summed E-state index contributed by atoms with van der Waals surface area (Å²) in [5, 5.41) is 0. The number of benzene rings is 1. The van der Waals surface area contributed by atoms with Gasteiger partial charge in [0.25, 0.3) is 0 Å². The molecule has 0 spiro atoms. The summed E-state index contributed by atoms with van der Waals surface area (Å²) in [5.74, 6) is 2.04. The van der Waals surface area contributed by atoms with E-state index in [-0.39, 0.29) is 6.04 Å². The molecule has 4 nitrogen and oxygen atoms in total. The van der Waals surface area contributed by atoms with Crippen LogP contribution >= 0.6 is 11.9 Å². The second kappa shape index (κ2) is 7.24. The van der Waals surface area contributed by atoms with Crippen molar-refractivity contribution in [2.45, 2.75) is 23.5 Å². The van der Waals surface area contributed by atoms with Gasteiger partial charge >= 0.3 is 6.18 Å². The number of hydrogen-bond donors (Lipinski definition) is 0. The zero-order valence-corrected chi connectivity index (χ0v) is 15.6. The molecule has 2 atom stereocenters. The molecule has 8 heteroatoms. The zero-order valence-electron chi connectivity index (χ0n) is 14.8. The van der Waals surface area contributed by atoms with E-state index in [1.54, 1.807) is 19.1 Å². The van der Waals surface area contributed by atoms with Crippen molar-refractivity contribution in [3.63, 3.8) is 0 Å². The minimum atomic E-state index is -4.35. The molecule has 2 aliphatic heterocycles. The van der Waals surface area contributed by atoms with E-state index in [4.69, 9.17) is 4.74 Å². The number of piperidine rings is 1. The van der Waals surface area contributed by atoms with Crippen molar-refractivity contribution >= 4 is 17.8 Å². The first-order valence-corrected chi connectivity index (χ1v) is 9.59. The fourth-order valence-corrected chi connectivity index (χ4v) is 4.75. The number of pyridine rings is 1. The Bertz CT molecular complexity index is 800. The molecular formula is C19H20F3N3OS. The number of fused-ring (bicyclic) bond motifs is 1. The average molecular weight is 395 g/mol. The highest BCUT2D eigenvalue weighted by Crippen LogP contribution is 2.40. The van der Waals surface area contributed by atoms with Crippen LogP contribution in [-0.2, 0) is 6.18 Å². The Hall–Kier alpha value is -1.93. The number of hydrogen-bond acceptors (Lipinski definition) is 5. The van der Waals surface area contributed by atoms with Gasteiger partial charge in [0.15, 0.2) is 0 Å². The van der Waals surface area contributed by atoms with Crippen molar-refractivity contribution in [3.05, 3.63) is 48.2 Å². The fraction of sp³-hybridized carbons (Fsp3) is 0.421. The molecule has 2 aliphatic rings. The molecule has 1 aromatic carbocycles. The molecule has 2 fully saturated rings. The molecule has 0 radical (unpaired) electrons. The molecule has 2 saturated heterocycles. The van der Waals surface area contributed by atoms with Gasteiger partial charge in [-0.05, 0) is 48.6 Å². The van der Waals surface area contributed by atoms with E-state index in [2.05, 4.69) is 14.2 Å². The van der Waals surface area contributed by atoms with Gasteiger partial charge in [-0.2, -0.15) is 13.2 Å². The Balaban J connectivity index is 1.43.